The summed E-state index contributed by atoms with van der Waals surface area (Å²) in [6.07, 6.45) is 1.83. The topological polar surface area (TPSA) is 46.2 Å². The monoisotopic (exact) mass is 237 g/mol. The van der Waals surface area contributed by atoms with E-state index in [2.05, 4.69) is 42.5 Å². The highest BCUT2D eigenvalue weighted by Crippen LogP contribution is 2.09. The predicted molar refractivity (Wildman–Crippen MR) is 71.2 cm³/mol. The zero-order valence-electron chi connectivity index (χ0n) is 11.2. The number of nitrogens with zero attached hydrogens (tertiary/aromatic N) is 1. The molecular formula is C13H23N3O. The molecule has 1 heterocycles. The summed E-state index contributed by atoms with van der Waals surface area (Å²) in [5.74, 6) is 0. The number of anilines is 1. The van der Waals surface area contributed by atoms with Crippen LogP contribution in [0.1, 0.15) is 26.5 Å². The van der Waals surface area contributed by atoms with Crippen molar-refractivity contribution in [3.05, 3.63) is 24.0 Å². The van der Waals surface area contributed by atoms with Gasteiger partial charge in [-0.1, -0.05) is 0 Å². The molecule has 0 amide bonds. The Balaban J connectivity index is 2.48. The highest BCUT2D eigenvalue weighted by atomic mass is 16.5. The Hall–Kier alpha value is -1.13. The first kappa shape index (κ1) is 13.9. The molecule has 1 aromatic rings. The maximum absolute atomic E-state index is 5.00. The van der Waals surface area contributed by atoms with Crippen molar-refractivity contribution in [2.75, 3.05) is 25.6 Å². The number of hydrogen-bond acceptors (Lipinski definition) is 4. The molecule has 0 radical (unpaired) electrons. The minimum atomic E-state index is 0.112. The van der Waals surface area contributed by atoms with Gasteiger partial charge in [0.25, 0.3) is 0 Å². The van der Waals surface area contributed by atoms with Crippen molar-refractivity contribution in [1.82, 2.24) is 10.3 Å². The third kappa shape index (κ3) is 6.24. The zero-order valence-corrected chi connectivity index (χ0v) is 11.2. The number of nitrogens with one attached hydrogen (secondary N) is 2. The molecule has 0 fully saturated rings. The molecule has 0 aromatic carbocycles. The maximum atomic E-state index is 5.00. The van der Waals surface area contributed by atoms with Gasteiger partial charge < -0.3 is 15.4 Å². The Bertz CT molecular complexity index is 334. The second-order valence-corrected chi connectivity index (χ2v) is 5.06. The third-order valence-electron chi connectivity index (χ3n) is 2.25. The second-order valence-electron chi connectivity index (χ2n) is 5.06. The van der Waals surface area contributed by atoms with Crippen molar-refractivity contribution in [2.24, 2.45) is 0 Å². The Morgan fingerprint density at radius 3 is 2.76 bits per heavy atom. The lowest BCUT2D eigenvalue weighted by molar-refractivity contribution is 0.211. The molecule has 2 N–H and O–H groups in total. The van der Waals surface area contributed by atoms with Crippen LogP contribution in [0.5, 0.6) is 0 Å². The highest BCUT2D eigenvalue weighted by Gasteiger charge is 2.08. The molecule has 0 aliphatic heterocycles. The van der Waals surface area contributed by atoms with Gasteiger partial charge in [0, 0.05) is 37.6 Å². The smallest absolute Gasteiger partial charge is 0.0635 e. The Morgan fingerprint density at radius 2 is 2.12 bits per heavy atom. The van der Waals surface area contributed by atoms with E-state index in [9.17, 15) is 0 Å². The molecule has 0 aliphatic carbocycles. The molecule has 0 aliphatic rings. The van der Waals surface area contributed by atoms with E-state index in [1.54, 1.807) is 7.11 Å². The van der Waals surface area contributed by atoms with Gasteiger partial charge in [-0.2, -0.15) is 0 Å². The fraction of sp³-hybridized carbons (Fsp3) is 0.615. The lowest BCUT2D eigenvalue weighted by atomic mass is 10.1. The van der Waals surface area contributed by atoms with Crippen molar-refractivity contribution >= 4 is 5.69 Å². The summed E-state index contributed by atoms with van der Waals surface area (Å²) in [4.78, 5) is 4.34. The Morgan fingerprint density at radius 1 is 1.35 bits per heavy atom. The molecule has 0 atom stereocenters. The first-order chi connectivity index (χ1) is 8.01. The van der Waals surface area contributed by atoms with Gasteiger partial charge in [-0.3, -0.25) is 4.98 Å². The maximum Gasteiger partial charge on any atom is 0.0635 e. The van der Waals surface area contributed by atoms with Crippen LogP contribution in [0.25, 0.3) is 0 Å². The van der Waals surface area contributed by atoms with E-state index < -0.39 is 0 Å². The van der Waals surface area contributed by atoms with Gasteiger partial charge in [-0.15, -0.1) is 0 Å². The molecule has 4 nitrogen and oxygen atoms in total. The van der Waals surface area contributed by atoms with Gasteiger partial charge in [0.05, 0.1) is 12.3 Å². The van der Waals surface area contributed by atoms with Crippen LogP contribution in [0, 0.1) is 0 Å². The van der Waals surface area contributed by atoms with Crippen LogP contribution in [0.3, 0.4) is 0 Å². The second kappa shape index (κ2) is 6.57. The van der Waals surface area contributed by atoms with Crippen LogP contribution in [-0.4, -0.2) is 30.8 Å². The molecule has 0 unspecified atom stereocenters. The molecule has 4 heteroatoms. The van der Waals surface area contributed by atoms with E-state index in [0.717, 1.165) is 24.5 Å². The molecule has 96 valence electrons. The number of hydrogen-bond donors (Lipinski definition) is 2. The van der Waals surface area contributed by atoms with E-state index in [1.807, 2.05) is 12.3 Å². The Labute approximate surface area is 104 Å². The summed E-state index contributed by atoms with van der Waals surface area (Å²) in [6, 6.07) is 4.03. The molecule has 0 saturated carbocycles. The summed E-state index contributed by atoms with van der Waals surface area (Å²) in [5.41, 5.74) is 2.24. The van der Waals surface area contributed by atoms with Crippen LogP contribution >= 0.6 is 0 Å². The normalized spacial score (nSPS) is 11.5. The van der Waals surface area contributed by atoms with Gasteiger partial charge in [-0.05, 0) is 32.9 Å². The van der Waals surface area contributed by atoms with E-state index >= 15 is 0 Å². The number of pyridine rings is 1. The van der Waals surface area contributed by atoms with E-state index in [-0.39, 0.29) is 5.54 Å². The molecule has 1 aromatic heterocycles. The van der Waals surface area contributed by atoms with Gasteiger partial charge in [-0.25, -0.2) is 0 Å². The number of methoxy groups -OCH3 is 1. The fourth-order valence-corrected chi connectivity index (χ4v) is 1.34. The van der Waals surface area contributed by atoms with Crippen LogP contribution in [0.2, 0.25) is 0 Å². The molecule has 1 rings (SSSR count). The van der Waals surface area contributed by atoms with Crippen LogP contribution < -0.4 is 10.6 Å². The van der Waals surface area contributed by atoms with Crippen molar-refractivity contribution in [2.45, 2.75) is 32.9 Å². The summed E-state index contributed by atoms with van der Waals surface area (Å²) in [6.45, 7) is 8.74. The van der Waals surface area contributed by atoms with Gasteiger partial charge >= 0.3 is 0 Å². The van der Waals surface area contributed by atoms with Gasteiger partial charge in [0.2, 0.25) is 0 Å². The van der Waals surface area contributed by atoms with Crippen molar-refractivity contribution < 1.29 is 4.74 Å². The predicted octanol–water partition coefficient (Wildman–Crippen LogP) is 2.03. The molecule has 17 heavy (non-hydrogen) atoms. The first-order valence-corrected chi connectivity index (χ1v) is 5.94. The largest absolute Gasteiger partial charge is 0.383 e. The molecule has 0 bridgehead atoms. The average molecular weight is 237 g/mol. The van der Waals surface area contributed by atoms with Crippen LogP contribution in [0.15, 0.2) is 18.3 Å². The summed E-state index contributed by atoms with van der Waals surface area (Å²) < 4.78 is 5.00. The van der Waals surface area contributed by atoms with Crippen LogP contribution in [0.4, 0.5) is 5.69 Å². The summed E-state index contributed by atoms with van der Waals surface area (Å²) >= 11 is 0. The van der Waals surface area contributed by atoms with Crippen molar-refractivity contribution in [3.8, 4) is 0 Å². The summed E-state index contributed by atoms with van der Waals surface area (Å²) in [7, 11) is 1.70. The molecule has 0 saturated heterocycles. The molecule has 0 spiro atoms. The van der Waals surface area contributed by atoms with E-state index in [1.165, 1.54) is 0 Å². The average Bonchev–Trinajstić information content (AvgIpc) is 2.27. The number of ether oxygens (including phenoxy) is 1. The standard InChI is InChI=1S/C13H23N3O/c1-13(2,3)16-10-12-9-11(5-6-14-12)15-7-8-17-4/h5-6,9,16H,7-8,10H2,1-4H3,(H,14,15). The lowest BCUT2D eigenvalue weighted by Crippen LogP contribution is -2.35. The van der Waals surface area contributed by atoms with Gasteiger partial charge in [0.15, 0.2) is 0 Å². The zero-order chi connectivity index (χ0) is 12.7. The highest BCUT2D eigenvalue weighted by molar-refractivity contribution is 5.43. The van der Waals surface area contributed by atoms with Gasteiger partial charge in [0.1, 0.15) is 0 Å². The Kier molecular flexibility index (Phi) is 5.38. The third-order valence-corrected chi connectivity index (χ3v) is 2.25. The number of aromatic nitrogens is 1. The number of rotatable bonds is 6. The summed E-state index contributed by atoms with van der Waals surface area (Å²) in [5, 5.41) is 6.71. The van der Waals surface area contributed by atoms with E-state index in [4.69, 9.17) is 4.74 Å². The fourth-order valence-electron chi connectivity index (χ4n) is 1.34. The molecular weight excluding hydrogens is 214 g/mol. The minimum absolute atomic E-state index is 0.112. The SMILES string of the molecule is COCCNc1ccnc(CNC(C)(C)C)c1. The van der Waals surface area contributed by atoms with Crippen molar-refractivity contribution in [3.63, 3.8) is 0 Å². The van der Waals surface area contributed by atoms with Crippen molar-refractivity contribution in [1.29, 1.82) is 0 Å². The quantitative estimate of drug-likeness (QED) is 0.743. The minimum Gasteiger partial charge on any atom is -0.383 e. The first-order valence-electron chi connectivity index (χ1n) is 5.94. The van der Waals surface area contributed by atoms with E-state index in [0.29, 0.717) is 6.61 Å². The van der Waals surface area contributed by atoms with Crippen LogP contribution in [-0.2, 0) is 11.3 Å². The lowest BCUT2D eigenvalue weighted by Gasteiger charge is -2.20.